The molecule has 1 aromatic rings. The number of halogens is 1. The number of hydrogen-bond donors (Lipinski definition) is 2. The molecule has 1 fully saturated rings. The van der Waals surface area contributed by atoms with Crippen molar-refractivity contribution in [3.63, 3.8) is 0 Å². The standard InChI is InChI=1S/C16H25BrN2O2/c1-19-7-3-4-13(11-19)9-18-10-15(20)12-21-16-6-2-5-14(17)8-16/h2,5-6,8,13,15,18,20H,3-4,7,9-12H2,1H3. The first kappa shape index (κ1) is 16.7. The Morgan fingerprint density at radius 3 is 3.14 bits per heavy atom. The van der Waals surface area contributed by atoms with E-state index in [0.717, 1.165) is 23.3 Å². The molecule has 1 saturated heterocycles. The van der Waals surface area contributed by atoms with Gasteiger partial charge in [-0.05, 0) is 57.1 Å². The summed E-state index contributed by atoms with van der Waals surface area (Å²) in [5, 5.41) is 13.3. The lowest BCUT2D eigenvalue weighted by atomic mass is 9.98. The van der Waals surface area contributed by atoms with E-state index in [1.165, 1.54) is 19.4 Å². The molecule has 1 aromatic carbocycles. The molecule has 0 aliphatic carbocycles. The highest BCUT2D eigenvalue weighted by Crippen LogP contribution is 2.18. The van der Waals surface area contributed by atoms with Gasteiger partial charge in [-0.2, -0.15) is 0 Å². The predicted octanol–water partition coefficient (Wildman–Crippen LogP) is 2.12. The molecule has 2 atom stereocenters. The lowest BCUT2D eigenvalue weighted by Crippen LogP contribution is -2.40. The maximum Gasteiger partial charge on any atom is 0.120 e. The number of aliphatic hydroxyl groups is 1. The third-order valence-corrected chi connectivity index (χ3v) is 4.27. The Labute approximate surface area is 135 Å². The summed E-state index contributed by atoms with van der Waals surface area (Å²) in [6, 6.07) is 7.66. The molecule has 0 amide bonds. The van der Waals surface area contributed by atoms with Crippen molar-refractivity contribution < 1.29 is 9.84 Å². The van der Waals surface area contributed by atoms with Crippen molar-refractivity contribution in [3.8, 4) is 5.75 Å². The molecule has 1 heterocycles. The van der Waals surface area contributed by atoms with Crippen molar-refractivity contribution in [2.24, 2.45) is 5.92 Å². The number of nitrogens with zero attached hydrogens (tertiary/aromatic N) is 1. The number of nitrogens with one attached hydrogen (secondary N) is 1. The normalized spacial score (nSPS) is 21.2. The van der Waals surface area contributed by atoms with Gasteiger partial charge in [0.05, 0.1) is 0 Å². The second-order valence-corrected chi connectivity index (χ2v) is 6.77. The van der Waals surface area contributed by atoms with Crippen LogP contribution >= 0.6 is 15.9 Å². The summed E-state index contributed by atoms with van der Waals surface area (Å²) < 4.78 is 6.56. The van der Waals surface area contributed by atoms with Gasteiger partial charge >= 0.3 is 0 Å². The number of likely N-dealkylation sites (tertiary alicyclic amines) is 1. The third-order valence-electron chi connectivity index (χ3n) is 3.77. The largest absolute Gasteiger partial charge is 0.491 e. The van der Waals surface area contributed by atoms with E-state index in [0.29, 0.717) is 19.1 Å². The minimum atomic E-state index is -0.481. The highest BCUT2D eigenvalue weighted by molar-refractivity contribution is 9.10. The molecular weight excluding hydrogens is 332 g/mol. The van der Waals surface area contributed by atoms with Gasteiger partial charge in [0.25, 0.3) is 0 Å². The molecule has 0 spiro atoms. The first-order chi connectivity index (χ1) is 10.1. The van der Waals surface area contributed by atoms with Crippen LogP contribution in [0.5, 0.6) is 5.75 Å². The van der Waals surface area contributed by atoms with Crippen molar-refractivity contribution in [2.75, 3.05) is 39.8 Å². The van der Waals surface area contributed by atoms with Crippen LogP contribution in [0.2, 0.25) is 0 Å². The SMILES string of the molecule is CN1CCCC(CNCC(O)COc2cccc(Br)c2)C1. The third kappa shape index (κ3) is 6.34. The van der Waals surface area contributed by atoms with Gasteiger partial charge in [-0.3, -0.25) is 0 Å². The van der Waals surface area contributed by atoms with Crippen molar-refractivity contribution in [3.05, 3.63) is 28.7 Å². The molecule has 118 valence electrons. The van der Waals surface area contributed by atoms with E-state index in [9.17, 15) is 5.11 Å². The summed E-state index contributed by atoms with van der Waals surface area (Å²) in [6.45, 7) is 4.22. The lowest BCUT2D eigenvalue weighted by molar-refractivity contribution is 0.103. The molecule has 2 rings (SSSR count). The summed E-state index contributed by atoms with van der Waals surface area (Å²) in [5.74, 6) is 1.47. The topological polar surface area (TPSA) is 44.7 Å². The maximum absolute atomic E-state index is 9.95. The second kappa shape index (κ2) is 8.73. The number of benzene rings is 1. The highest BCUT2D eigenvalue weighted by Gasteiger charge is 2.17. The smallest absolute Gasteiger partial charge is 0.120 e. The molecule has 21 heavy (non-hydrogen) atoms. The second-order valence-electron chi connectivity index (χ2n) is 5.85. The summed E-state index contributed by atoms with van der Waals surface area (Å²) >= 11 is 3.40. The quantitative estimate of drug-likeness (QED) is 0.785. The zero-order valence-corrected chi connectivity index (χ0v) is 14.2. The van der Waals surface area contributed by atoms with Gasteiger partial charge in [-0.1, -0.05) is 22.0 Å². The zero-order chi connectivity index (χ0) is 15.1. The maximum atomic E-state index is 9.95. The van der Waals surface area contributed by atoms with Crippen molar-refractivity contribution >= 4 is 15.9 Å². The molecule has 0 saturated carbocycles. The van der Waals surface area contributed by atoms with Gasteiger partial charge in [0, 0.05) is 17.6 Å². The van der Waals surface area contributed by atoms with Crippen LogP contribution in [-0.2, 0) is 0 Å². The summed E-state index contributed by atoms with van der Waals surface area (Å²) in [4.78, 5) is 2.38. The fraction of sp³-hybridized carbons (Fsp3) is 0.625. The Balaban J connectivity index is 1.60. The van der Waals surface area contributed by atoms with Crippen LogP contribution in [0.4, 0.5) is 0 Å². The predicted molar refractivity (Wildman–Crippen MR) is 88.7 cm³/mol. The zero-order valence-electron chi connectivity index (χ0n) is 12.6. The van der Waals surface area contributed by atoms with Gasteiger partial charge in [0.1, 0.15) is 18.5 Å². The first-order valence-electron chi connectivity index (χ1n) is 7.59. The summed E-state index contributed by atoms with van der Waals surface area (Å²) in [5.41, 5.74) is 0. The van der Waals surface area contributed by atoms with Gasteiger partial charge in [0.15, 0.2) is 0 Å². The molecule has 1 aliphatic rings. The van der Waals surface area contributed by atoms with Crippen LogP contribution in [0, 0.1) is 5.92 Å². The van der Waals surface area contributed by atoms with Crippen LogP contribution < -0.4 is 10.1 Å². The van der Waals surface area contributed by atoms with E-state index in [4.69, 9.17) is 4.74 Å². The lowest BCUT2D eigenvalue weighted by Gasteiger charge is -2.30. The Morgan fingerprint density at radius 2 is 2.38 bits per heavy atom. The molecule has 2 unspecified atom stereocenters. The molecular formula is C16H25BrN2O2. The fourth-order valence-electron chi connectivity index (χ4n) is 2.70. The highest BCUT2D eigenvalue weighted by atomic mass is 79.9. The number of aliphatic hydroxyl groups excluding tert-OH is 1. The van der Waals surface area contributed by atoms with Crippen LogP contribution in [0.15, 0.2) is 28.7 Å². The van der Waals surface area contributed by atoms with Gasteiger partial charge in [-0.25, -0.2) is 0 Å². The molecule has 5 heteroatoms. The molecule has 0 aromatic heterocycles. The molecule has 4 nitrogen and oxygen atoms in total. The van der Waals surface area contributed by atoms with Crippen molar-refractivity contribution in [2.45, 2.75) is 18.9 Å². The average Bonchev–Trinajstić information content (AvgIpc) is 2.45. The van der Waals surface area contributed by atoms with E-state index in [2.05, 4.69) is 33.2 Å². The fourth-order valence-corrected chi connectivity index (χ4v) is 3.08. The number of hydrogen-bond acceptors (Lipinski definition) is 4. The Morgan fingerprint density at radius 1 is 1.52 bits per heavy atom. The van der Waals surface area contributed by atoms with Gasteiger partial charge in [-0.15, -0.1) is 0 Å². The van der Waals surface area contributed by atoms with Crippen LogP contribution in [0.3, 0.4) is 0 Å². The van der Waals surface area contributed by atoms with Crippen molar-refractivity contribution in [1.29, 1.82) is 0 Å². The number of rotatable bonds is 7. The Bertz CT molecular complexity index is 430. The molecule has 0 radical (unpaired) electrons. The van der Waals surface area contributed by atoms with Crippen molar-refractivity contribution in [1.82, 2.24) is 10.2 Å². The summed E-state index contributed by atoms with van der Waals surface area (Å²) in [7, 11) is 2.17. The number of ether oxygens (including phenoxy) is 1. The van der Waals surface area contributed by atoms with E-state index in [-0.39, 0.29) is 0 Å². The van der Waals surface area contributed by atoms with Gasteiger partial charge < -0.3 is 20.1 Å². The number of piperidine rings is 1. The summed E-state index contributed by atoms with van der Waals surface area (Å²) in [6.07, 6.45) is 2.07. The van der Waals surface area contributed by atoms with Gasteiger partial charge in [0.2, 0.25) is 0 Å². The van der Waals surface area contributed by atoms with E-state index in [1.807, 2.05) is 24.3 Å². The molecule has 1 aliphatic heterocycles. The van der Waals surface area contributed by atoms with E-state index in [1.54, 1.807) is 0 Å². The first-order valence-corrected chi connectivity index (χ1v) is 8.38. The van der Waals surface area contributed by atoms with E-state index >= 15 is 0 Å². The Kier molecular flexibility index (Phi) is 6.96. The monoisotopic (exact) mass is 356 g/mol. The van der Waals surface area contributed by atoms with Crippen LogP contribution in [-0.4, -0.2) is 55.9 Å². The van der Waals surface area contributed by atoms with E-state index < -0.39 is 6.10 Å². The van der Waals surface area contributed by atoms with Crippen LogP contribution in [0.25, 0.3) is 0 Å². The Hall–Kier alpha value is -0.620. The minimum Gasteiger partial charge on any atom is -0.491 e. The average molecular weight is 357 g/mol. The van der Waals surface area contributed by atoms with Crippen LogP contribution in [0.1, 0.15) is 12.8 Å². The molecule has 0 bridgehead atoms. The molecule has 2 N–H and O–H groups in total. The minimum absolute atomic E-state index is 0.314.